The molecule has 1 fully saturated rings. The number of hydrogen-bond acceptors (Lipinski definition) is 4. The summed E-state index contributed by atoms with van der Waals surface area (Å²) < 4.78 is 10.8. The zero-order chi connectivity index (χ0) is 17.9. The number of hydrogen-bond donors (Lipinski definition) is 1. The molecule has 5 nitrogen and oxygen atoms in total. The molecule has 1 saturated heterocycles. The maximum Gasteiger partial charge on any atom is 0.251 e. The molecule has 136 valence electrons. The van der Waals surface area contributed by atoms with Crippen LogP contribution in [0.3, 0.4) is 0 Å². The van der Waals surface area contributed by atoms with Crippen molar-refractivity contribution in [3.05, 3.63) is 64.7 Å². The highest BCUT2D eigenvalue weighted by molar-refractivity contribution is 5.94. The number of anilines is 1. The third-order valence-corrected chi connectivity index (χ3v) is 5.10. The average Bonchev–Trinajstić information content (AvgIpc) is 3.16. The van der Waals surface area contributed by atoms with Crippen molar-refractivity contribution in [2.24, 2.45) is 0 Å². The molecule has 0 saturated carbocycles. The van der Waals surface area contributed by atoms with Crippen molar-refractivity contribution < 1.29 is 14.3 Å². The highest BCUT2D eigenvalue weighted by Gasteiger charge is 2.17. The van der Waals surface area contributed by atoms with Crippen LogP contribution < -0.4 is 10.2 Å². The van der Waals surface area contributed by atoms with E-state index < -0.39 is 0 Å². The van der Waals surface area contributed by atoms with Gasteiger partial charge in [-0.15, -0.1) is 0 Å². The van der Waals surface area contributed by atoms with E-state index in [2.05, 4.69) is 34.5 Å². The summed E-state index contributed by atoms with van der Waals surface area (Å²) in [5.74, 6) is -0.0514. The van der Waals surface area contributed by atoms with Gasteiger partial charge in [-0.1, -0.05) is 18.2 Å². The standard InChI is InChI=1S/C21H24N2O3/c1-15(16-4-6-20(7-5-16)23-8-10-25-11-9-23)22-21(24)17-2-3-18-13-26-14-19(18)12-17/h2-7,12,15H,8-11,13-14H2,1H3,(H,22,24). The summed E-state index contributed by atoms with van der Waals surface area (Å²) in [6, 6.07) is 14.2. The summed E-state index contributed by atoms with van der Waals surface area (Å²) in [5, 5.41) is 3.09. The van der Waals surface area contributed by atoms with Crippen molar-refractivity contribution in [1.82, 2.24) is 5.32 Å². The highest BCUT2D eigenvalue weighted by atomic mass is 16.5. The van der Waals surface area contributed by atoms with Crippen LogP contribution in [0.5, 0.6) is 0 Å². The molecule has 2 heterocycles. The quantitative estimate of drug-likeness (QED) is 0.919. The van der Waals surface area contributed by atoms with Crippen LogP contribution in [0.25, 0.3) is 0 Å². The zero-order valence-corrected chi connectivity index (χ0v) is 15.0. The van der Waals surface area contributed by atoms with Crippen molar-refractivity contribution in [2.45, 2.75) is 26.2 Å². The van der Waals surface area contributed by atoms with E-state index in [4.69, 9.17) is 9.47 Å². The summed E-state index contributed by atoms with van der Waals surface area (Å²) in [6.45, 7) is 6.65. The maximum atomic E-state index is 12.6. The third-order valence-electron chi connectivity index (χ3n) is 5.10. The SMILES string of the molecule is CC(NC(=O)c1ccc2c(c1)COC2)c1ccc(N2CCOCC2)cc1. The van der Waals surface area contributed by atoms with Crippen LogP contribution in [0.1, 0.15) is 40.0 Å². The Balaban J connectivity index is 1.41. The van der Waals surface area contributed by atoms with E-state index in [9.17, 15) is 4.79 Å². The lowest BCUT2D eigenvalue weighted by Crippen LogP contribution is -2.36. The van der Waals surface area contributed by atoms with Gasteiger partial charge < -0.3 is 19.7 Å². The number of ether oxygens (including phenoxy) is 2. The molecular weight excluding hydrogens is 328 g/mol. The molecule has 2 aliphatic rings. The van der Waals surface area contributed by atoms with E-state index >= 15 is 0 Å². The van der Waals surface area contributed by atoms with Crippen molar-refractivity contribution in [3.8, 4) is 0 Å². The molecule has 0 radical (unpaired) electrons. The minimum Gasteiger partial charge on any atom is -0.378 e. The van der Waals surface area contributed by atoms with Gasteiger partial charge in [0.05, 0.1) is 32.5 Å². The van der Waals surface area contributed by atoms with Crippen LogP contribution in [-0.2, 0) is 22.7 Å². The molecule has 1 amide bonds. The van der Waals surface area contributed by atoms with Crippen LogP contribution in [0.15, 0.2) is 42.5 Å². The molecule has 5 heteroatoms. The first-order chi connectivity index (χ1) is 12.7. The fourth-order valence-electron chi connectivity index (χ4n) is 3.47. The number of carbonyl (C=O) groups is 1. The van der Waals surface area contributed by atoms with E-state index in [1.165, 1.54) is 11.3 Å². The van der Waals surface area contributed by atoms with Crippen molar-refractivity contribution in [1.29, 1.82) is 0 Å². The van der Waals surface area contributed by atoms with Gasteiger partial charge in [0, 0.05) is 24.3 Å². The van der Waals surface area contributed by atoms with E-state index in [-0.39, 0.29) is 11.9 Å². The molecule has 0 aromatic heterocycles. The van der Waals surface area contributed by atoms with Gasteiger partial charge in [-0.3, -0.25) is 4.79 Å². The van der Waals surface area contributed by atoms with Crippen molar-refractivity contribution in [3.63, 3.8) is 0 Å². The van der Waals surface area contributed by atoms with Crippen molar-refractivity contribution in [2.75, 3.05) is 31.2 Å². The van der Waals surface area contributed by atoms with Crippen LogP contribution in [0.4, 0.5) is 5.69 Å². The second-order valence-corrected chi connectivity index (χ2v) is 6.86. The molecule has 4 rings (SSSR count). The van der Waals surface area contributed by atoms with Gasteiger partial charge >= 0.3 is 0 Å². The summed E-state index contributed by atoms with van der Waals surface area (Å²) in [4.78, 5) is 14.9. The topological polar surface area (TPSA) is 50.8 Å². The Hall–Kier alpha value is -2.37. The molecule has 2 aromatic rings. The van der Waals surface area contributed by atoms with Gasteiger partial charge in [-0.2, -0.15) is 0 Å². The second kappa shape index (κ2) is 7.48. The van der Waals surface area contributed by atoms with E-state index in [0.29, 0.717) is 18.8 Å². The Kier molecular flexibility index (Phi) is 4.91. The van der Waals surface area contributed by atoms with Crippen LogP contribution in [0.2, 0.25) is 0 Å². The summed E-state index contributed by atoms with van der Waals surface area (Å²) >= 11 is 0. The monoisotopic (exact) mass is 352 g/mol. The van der Waals surface area contributed by atoms with E-state index in [1.807, 2.05) is 25.1 Å². The fraction of sp³-hybridized carbons (Fsp3) is 0.381. The van der Waals surface area contributed by atoms with Gasteiger partial charge in [0.2, 0.25) is 0 Å². The molecule has 1 atom stereocenters. The maximum absolute atomic E-state index is 12.6. The molecule has 2 aromatic carbocycles. The lowest BCUT2D eigenvalue weighted by atomic mass is 10.0. The Bertz CT molecular complexity index is 782. The summed E-state index contributed by atoms with van der Waals surface area (Å²) in [5.41, 5.74) is 5.27. The van der Waals surface area contributed by atoms with Gasteiger partial charge in [-0.05, 0) is 47.9 Å². The molecule has 1 unspecified atom stereocenters. The first kappa shape index (κ1) is 17.1. The molecule has 26 heavy (non-hydrogen) atoms. The van der Waals surface area contributed by atoms with Gasteiger partial charge in [0.25, 0.3) is 5.91 Å². The first-order valence-electron chi connectivity index (χ1n) is 9.14. The predicted octanol–water partition coefficient (Wildman–Crippen LogP) is 3.04. The fourth-order valence-corrected chi connectivity index (χ4v) is 3.47. The number of nitrogens with zero attached hydrogens (tertiary/aromatic N) is 1. The molecule has 0 spiro atoms. The molecule has 2 aliphatic heterocycles. The van der Waals surface area contributed by atoms with Crippen LogP contribution in [-0.4, -0.2) is 32.2 Å². The average molecular weight is 352 g/mol. The number of rotatable bonds is 4. The molecular formula is C21H24N2O3. The first-order valence-corrected chi connectivity index (χ1v) is 9.14. The lowest BCUT2D eigenvalue weighted by molar-refractivity contribution is 0.0939. The van der Waals surface area contributed by atoms with Crippen LogP contribution >= 0.6 is 0 Å². The number of morpholine rings is 1. The second-order valence-electron chi connectivity index (χ2n) is 6.86. The Labute approximate surface area is 153 Å². The lowest BCUT2D eigenvalue weighted by Gasteiger charge is -2.29. The number of fused-ring (bicyclic) bond motifs is 1. The zero-order valence-electron chi connectivity index (χ0n) is 15.0. The predicted molar refractivity (Wildman–Crippen MR) is 100 cm³/mol. The van der Waals surface area contributed by atoms with E-state index in [1.54, 1.807) is 0 Å². The Morgan fingerprint density at radius 1 is 1.00 bits per heavy atom. The number of carbonyl (C=O) groups excluding carboxylic acids is 1. The summed E-state index contributed by atoms with van der Waals surface area (Å²) in [7, 11) is 0. The molecule has 1 N–H and O–H groups in total. The van der Waals surface area contributed by atoms with E-state index in [0.717, 1.165) is 37.4 Å². The number of nitrogens with one attached hydrogen (secondary N) is 1. The summed E-state index contributed by atoms with van der Waals surface area (Å²) in [6.07, 6.45) is 0. The van der Waals surface area contributed by atoms with Gasteiger partial charge in [-0.25, -0.2) is 0 Å². The minimum atomic E-state index is -0.0514. The normalized spacial score (nSPS) is 17.7. The number of benzene rings is 2. The molecule has 0 bridgehead atoms. The Morgan fingerprint density at radius 2 is 1.73 bits per heavy atom. The number of amides is 1. The smallest absolute Gasteiger partial charge is 0.251 e. The van der Waals surface area contributed by atoms with Crippen LogP contribution in [0, 0.1) is 0 Å². The van der Waals surface area contributed by atoms with Gasteiger partial charge in [0.1, 0.15) is 0 Å². The van der Waals surface area contributed by atoms with Gasteiger partial charge in [0.15, 0.2) is 0 Å². The highest BCUT2D eigenvalue weighted by Crippen LogP contribution is 2.23. The third kappa shape index (κ3) is 3.59. The van der Waals surface area contributed by atoms with Crippen molar-refractivity contribution >= 4 is 11.6 Å². The largest absolute Gasteiger partial charge is 0.378 e. The Morgan fingerprint density at radius 3 is 2.50 bits per heavy atom. The molecule has 0 aliphatic carbocycles. The minimum absolute atomic E-state index is 0.0502.